The number of hydrogen-bond donors (Lipinski definition) is 1. The first-order valence-corrected chi connectivity index (χ1v) is 14.3. The molecule has 0 bridgehead atoms. The van der Waals surface area contributed by atoms with Gasteiger partial charge in [0.1, 0.15) is 24.5 Å². The SMILES string of the molecule is CC(C)(C)OC(=O)NCc1ccc(-c2ccnc(-c3ccc(OCc4ccccc4)nc3OCc3ccccc3)c2F)cc1. The van der Waals surface area contributed by atoms with Crippen molar-refractivity contribution in [1.29, 1.82) is 0 Å². The predicted octanol–water partition coefficient (Wildman–Crippen LogP) is 8.13. The zero-order valence-corrected chi connectivity index (χ0v) is 24.9. The Morgan fingerprint density at radius 3 is 2.02 bits per heavy atom. The highest BCUT2D eigenvalue weighted by Gasteiger charge is 2.20. The minimum Gasteiger partial charge on any atom is -0.473 e. The van der Waals surface area contributed by atoms with E-state index in [0.717, 1.165) is 16.7 Å². The van der Waals surface area contributed by atoms with E-state index in [1.807, 2.05) is 93.6 Å². The lowest BCUT2D eigenvalue weighted by atomic mass is 10.0. The maximum atomic E-state index is 16.1. The molecule has 3 aromatic carbocycles. The monoisotopic (exact) mass is 591 g/mol. The molecule has 0 unspecified atom stereocenters. The standard InChI is InChI=1S/C36H34FN3O4/c1-36(2,3)44-35(41)39-22-25-14-16-28(17-15-25)29-20-21-38-33(32(29)37)30-18-19-31(42-23-26-10-6-4-7-11-26)40-34(30)43-24-27-12-8-5-9-13-27/h4-21H,22-24H2,1-3H3,(H,39,41). The molecule has 5 aromatic rings. The van der Waals surface area contributed by atoms with E-state index in [9.17, 15) is 4.79 Å². The second-order valence-electron chi connectivity index (χ2n) is 11.1. The van der Waals surface area contributed by atoms with Gasteiger partial charge in [0.2, 0.25) is 11.8 Å². The maximum absolute atomic E-state index is 16.1. The van der Waals surface area contributed by atoms with Crippen LogP contribution in [0.3, 0.4) is 0 Å². The molecule has 0 saturated carbocycles. The lowest BCUT2D eigenvalue weighted by Gasteiger charge is -2.19. The number of aromatic nitrogens is 2. The number of ether oxygens (including phenoxy) is 3. The van der Waals surface area contributed by atoms with Crippen LogP contribution < -0.4 is 14.8 Å². The van der Waals surface area contributed by atoms with E-state index in [1.165, 1.54) is 0 Å². The second kappa shape index (κ2) is 13.8. The number of pyridine rings is 2. The van der Waals surface area contributed by atoms with Crippen LogP contribution in [-0.4, -0.2) is 21.7 Å². The number of rotatable bonds is 10. The van der Waals surface area contributed by atoms with Gasteiger partial charge in [0.15, 0.2) is 5.82 Å². The molecule has 5 rings (SSSR count). The van der Waals surface area contributed by atoms with Crippen LogP contribution in [0.15, 0.2) is 109 Å². The summed E-state index contributed by atoms with van der Waals surface area (Å²) in [6, 6.07) is 31.8. The highest BCUT2D eigenvalue weighted by Crippen LogP contribution is 2.35. The van der Waals surface area contributed by atoms with E-state index in [2.05, 4.69) is 15.3 Å². The molecule has 0 radical (unpaired) electrons. The van der Waals surface area contributed by atoms with Gasteiger partial charge in [0, 0.05) is 24.4 Å². The topological polar surface area (TPSA) is 82.6 Å². The number of halogens is 1. The van der Waals surface area contributed by atoms with Crippen LogP contribution in [0.1, 0.15) is 37.5 Å². The van der Waals surface area contributed by atoms with Crippen molar-refractivity contribution in [3.63, 3.8) is 0 Å². The largest absolute Gasteiger partial charge is 0.473 e. The van der Waals surface area contributed by atoms with Crippen molar-refractivity contribution in [3.8, 4) is 34.1 Å². The van der Waals surface area contributed by atoms with Gasteiger partial charge in [-0.05, 0) is 55.2 Å². The average Bonchev–Trinajstić information content (AvgIpc) is 3.03. The van der Waals surface area contributed by atoms with Crippen molar-refractivity contribution < 1.29 is 23.4 Å². The quantitative estimate of drug-likeness (QED) is 0.177. The fourth-order valence-corrected chi connectivity index (χ4v) is 4.40. The third-order valence-corrected chi connectivity index (χ3v) is 6.53. The molecule has 0 aliphatic carbocycles. The van der Waals surface area contributed by atoms with Crippen molar-refractivity contribution in [2.24, 2.45) is 0 Å². The molecule has 0 spiro atoms. The van der Waals surface area contributed by atoms with Gasteiger partial charge in [-0.1, -0.05) is 84.9 Å². The maximum Gasteiger partial charge on any atom is 0.407 e. The molecule has 0 fully saturated rings. The second-order valence-corrected chi connectivity index (χ2v) is 11.1. The summed E-state index contributed by atoms with van der Waals surface area (Å²) in [6.45, 7) is 6.27. The first-order valence-electron chi connectivity index (χ1n) is 14.3. The fraction of sp³-hybridized carbons (Fsp3) is 0.194. The summed E-state index contributed by atoms with van der Waals surface area (Å²) in [4.78, 5) is 21.0. The Bertz CT molecular complexity index is 1690. The van der Waals surface area contributed by atoms with Crippen molar-refractivity contribution in [3.05, 3.63) is 132 Å². The van der Waals surface area contributed by atoms with E-state index >= 15 is 4.39 Å². The molecule has 0 aliphatic heterocycles. The molecule has 1 amide bonds. The van der Waals surface area contributed by atoms with Gasteiger partial charge in [-0.25, -0.2) is 9.18 Å². The summed E-state index contributed by atoms with van der Waals surface area (Å²) >= 11 is 0. The predicted molar refractivity (Wildman–Crippen MR) is 167 cm³/mol. The Morgan fingerprint density at radius 2 is 1.39 bits per heavy atom. The first kappa shape index (κ1) is 30.2. The third-order valence-electron chi connectivity index (χ3n) is 6.53. The number of amides is 1. The molecule has 0 aliphatic rings. The van der Waals surface area contributed by atoms with Crippen LogP contribution in [0.5, 0.6) is 11.8 Å². The van der Waals surface area contributed by atoms with E-state index < -0.39 is 17.5 Å². The summed E-state index contributed by atoms with van der Waals surface area (Å²) in [5.41, 5.74) is 3.77. The highest BCUT2D eigenvalue weighted by atomic mass is 19.1. The Kier molecular flexibility index (Phi) is 9.49. The van der Waals surface area contributed by atoms with Crippen molar-refractivity contribution in [1.82, 2.24) is 15.3 Å². The average molecular weight is 592 g/mol. The first-order chi connectivity index (χ1) is 21.2. The molecule has 7 nitrogen and oxygen atoms in total. The fourth-order valence-electron chi connectivity index (χ4n) is 4.40. The van der Waals surface area contributed by atoms with Crippen molar-refractivity contribution >= 4 is 6.09 Å². The zero-order chi connectivity index (χ0) is 30.9. The van der Waals surface area contributed by atoms with Gasteiger partial charge in [-0.15, -0.1) is 0 Å². The Hall–Kier alpha value is -5.24. The van der Waals surface area contributed by atoms with E-state index in [0.29, 0.717) is 29.2 Å². The van der Waals surface area contributed by atoms with Gasteiger partial charge in [0.05, 0.1) is 5.56 Å². The van der Waals surface area contributed by atoms with E-state index in [1.54, 1.807) is 36.5 Å². The van der Waals surface area contributed by atoms with E-state index in [-0.39, 0.29) is 24.7 Å². The Morgan fingerprint density at radius 1 is 0.750 bits per heavy atom. The van der Waals surface area contributed by atoms with Crippen LogP contribution in [-0.2, 0) is 24.5 Å². The lowest BCUT2D eigenvalue weighted by molar-refractivity contribution is 0.0523. The van der Waals surface area contributed by atoms with Crippen LogP contribution in [0.2, 0.25) is 0 Å². The third kappa shape index (κ3) is 8.19. The molecule has 2 aromatic heterocycles. The Balaban J connectivity index is 1.38. The zero-order valence-electron chi connectivity index (χ0n) is 24.9. The highest BCUT2D eigenvalue weighted by molar-refractivity contribution is 5.74. The molecule has 0 atom stereocenters. The van der Waals surface area contributed by atoms with Crippen molar-refractivity contribution in [2.75, 3.05) is 0 Å². The molecule has 8 heteroatoms. The van der Waals surface area contributed by atoms with Gasteiger partial charge < -0.3 is 19.5 Å². The van der Waals surface area contributed by atoms with Gasteiger partial charge in [-0.2, -0.15) is 4.98 Å². The summed E-state index contributed by atoms with van der Waals surface area (Å²) in [5.74, 6) is 0.0655. The smallest absolute Gasteiger partial charge is 0.407 e. The van der Waals surface area contributed by atoms with Gasteiger partial charge in [-0.3, -0.25) is 4.98 Å². The minimum atomic E-state index is -0.581. The lowest BCUT2D eigenvalue weighted by Crippen LogP contribution is -2.32. The number of nitrogens with one attached hydrogen (secondary N) is 1. The number of nitrogens with zero attached hydrogens (tertiary/aromatic N) is 2. The Labute approximate surface area is 256 Å². The molecular formula is C36H34FN3O4. The summed E-state index contributed by atoms with van der Waals surface area (Å²) in [5, 5.41) is 2.73. The summed E-state index contributed by atoms with van der Waals surface area (Å²) in [6.07, 6.45) is 1.06. The van der Waals surface area contributed by atoms with Crippen LogP contribution in [0, 0.1) is 5.82 Å². The summed E-state index contributed by atoms with van der Waals surface area (Å²) < 4.78 is 33.5. The normalized spacial score (nSPS) is 11.1. The van der Waals surface area contributed by atoms with Gasteiger partial charge >= 0.3 is 6.09 Å². The van der Waals surface area contributed by atoms with Gasteiger partial charge in [0.25, 0.3) is 0 Å². The van der Waals surface area contributed by atoms with Crippen LogP contribution >= 0.6 is 0 Å². The van der Waals surface area contributed by atoms with E-state index in [4.69, 9.17) is 14.2 Å². The number of benzene rings is 3. The molecule has 0 saturated heterocycles. The number of hydrogen-bond acceptors (Lipinski definition) is 6. The molecule has 44 heavy (non-hydrogen) atoms. The number of carbonyl (C=O) groups excluding carboxylic acids is 1. The minimum absolute atomic E-state index is 0.114. The van der Waals surface area contributed by atoms with Crippen LogP contribution in [0.4, 0.5) is 9.18 Å². The molecular weight excluding hydrogens is 557 g/mol. The molecule has 2 heterocycles. The number of carbonyl (C=O) groups is 1. The number of alkyl carbamates (subject to hydrolysis) is 1. The van der Waals surface area contributed by atoms with Crippen LogP contribution in [0.25, 0.3) is 22.4 Å². The molecule has 224 valence electrons. The summed E-state index contributed by atoms with van der Waals surface area (Å²) in [7, 11) is 0. The van der Waals surface area contributed by atoms with Crippen molar-refractivity contribution in [2.45, 2.75) is 46.1 Å². The molecule has 1 N–H and O–H groups in total.